The van der Waals surface area contributed by atoms with Crippen molar-refractivity contribution in [2.24, 2.45) is 56.7 Å². The minimum absolute atomic E-state index is 0.0470. The first-order valence-corrected chi connectivity index (χ1v) is 20.3. The Kier molecular flexibility index (Phi) is 10.3. The Balaban J connectivity index is 1.12. The van der Waals surface area contributed by atoms with Crippen LogP contribution in [0.4, 0.5) is 0 Å². The van der Waals surface area contributed by atoms with Gasteiger partial charge in [0, 0.05) is 0 Å². The van der Waals surface area contributed by atoms with Crippen molar-refractivity contribution in [3.63, 3.8) is 0 Å². The first kappa shape index (κ1) is 40.5. The molecule has 2 heterocycles. The van der Waals surface area contributed by atoms with E-state index in [0.29, 0.717) is 44.4 Å². The first-order chi connectivity index (χ1) is 25.2. The van der Waals surface area contributed by atoms with Gasteiger partial charge in [-0.2, -0.15) is 0 Å². The van der Waals surface area contributed by atoms with Gasteiger partial charge in [-0.1, -0.05) is 53.2 Å². The van der Waals surface area contributed by atoms with Gasteiger partial charge in [0.15, 0.2) is 12.6 Å². The fourth-order valence-electron chi connectivity index (χ4n) is 13.7. The molecule has 0 aromatic heterocycles. The average Bonchev–Trinajstić information content (AvgIpc) is 3.10. The summed E-state index contributed by atoms with van der Waals surface area (Å²) in [5, 5.41) is 74.9. The molecule has 0 spiro atoms. The molecule has 4 saturated carbocycles. The van der Waals surface area contributed by atoms with Crippen LogP contribution in [0.25, 0.3) is 0 Å². The van der Waals surface area contributed by atoms with Gasteiger partial charge in [-0.25, -0.2) is 0 Å². The summed E-state index contributed by atoms with van der Waals surface area (Å²) >= 11 is 0. The molecule has 13 heteroatoms. The monoisotopic (exact) mass is 764 g/mol. The number of carboxylic acid groups (broad SMARTS) is 2. The maximum absolute atomic E-state index is 13.9. The highest BCUT2D eigenvalue weighted by Gasteiger charge is 2.73. The number of hydrogen-bond donors (Lipinski definition) is 7. The van der Waals surface area contributed by atoms with Crippen LogP contribution in [-0.2, 0) is 28.5 Å². The van der Waals surface area contributed by atoms with Gasteiger partial charge in [0.1, 0.15) is 36.6 Å². The van der Waals surface area contributed by atoms with Crippen LogP contribution in [0.1, 0.15) is 106 Å². The van der Waals surface area contributed by atoms with Gasteiger partial charge in [0.2, 0.25) is 0 Å². The van der Waals surface area contributed by atoms with Crippen molar-refractivity contribution >= 4 is 11.9 Å². The van der Waals surface area contributed by atoms with E-state index >= 15 is 0 Å². The molecule has 0 amide bonds. The Labute approximate surface area is 318 Å². The van der Waals surface area contributed by atoms with E-state index in [-0.39, 0.29) is 41.8 Å². The largest absolute Gasteiger partial charge is 0.481 e. The second-order valence-corrected chi connectivity index (χ2v) is 19.5. The van der Waals surface area contributed by atoms with Gasteiger partial charge in [-0.3, -0.25) is 9.59 Å². The molecule has 5 aliphatic carbocycles. The number of aliphatic hydroxyl groups excluding tert-OH is 5. The van der Waals surface area contributed by atoms with Crippen molar-refractivity contribution in [1.29, 1.82) is 0 Å². The van der Waals surface area contributed by atoms with Crippen molar-refractivity contribution in [2.75, 3.05) is 6.61 Å². The summed E-state index contributed by atoms with van der Waals surface area (Å²) in [5.41, 5.74) is -2.45. The normalized spacial score (nSPS) is 54.2. The minimum atomic E-state index is -1.57. The van der Waals surface area contributed by atoms with Crippen molar-refractivity contribution < 1.29 is 64.3 Å². The number of rotatable bonds is 6. The predicted octanol–water partition coefficient (Wildman–Crippen LogP) is 3.47. The summed E-state index contributed by atoms with van der Waals surface area (Å²) in [6.07, 6.45) is -4.25. The lowest BCUT2D eigenvalue weighted by atomic mass is 9.33. The number of carbonyl (C=O) groups is 2. The molecule has 0 bridgehead atoms. The fraction of sp³-hybridized carbons (Fsp3) is 0.902. The molecule has 13 nitrogen and oxygen atoms in total. The van der Waals surface area contributed by atoms with Crippen molar-refractivity contribution in [3.05, 3.63) is 11.6 Å². The SMILES string of the molecule is C[C@H]1[C@@H](C)CC[C@]2(C(=O)O)CC[C@]3(C(=O)O)C(=CC[C@@H]4[C@@]5(C)CC[C@H](O[C@H]6O[C@@H](C)[C@H](O[C@@H]7OC[C@@H](O)[C@H](O)[C@H]7O)[C@@H](O)[C@H]6O)C(C)(C)[C@H]5CC[C@]43C)[C@@H]12. The van der Waals surface area contributed by atoms with E-state index in [1.807, 2.05) is 0 Å². The Morgan fingerprint density at radius 1 is 0.759 bits per heavy atom. The van der Waals surface area contributed by atoms with E-state index < -0.39 is 88.9 Å². The summed E-state index contributed by atoms with van der Waals surface area (Å²) in [4.78, 5) is 27.0. The Hall–Kier alpha value is -1.68. The van der Waals surface area contributed by atoms with Gasteiger partial charge in [-0.15, -0.1) is 0 Å². The summed E-state index contributed by atoms with van der Waals surface area (Å²) in [6.45, 7) is 14.6. The second-order valence-electron chi connectivity index (χ2n) is 19.5. The average molecular weight is 765 g/mol. The summed E-state index contributed by atoms with van der Waals surface area (Å²) < 4.78 is 23.9. The summed E-state index contributed by atoms with van der Waals surface area (Å²) in [7, 11) is 0. The Morgan fingerprint density at radius 2 is 1.44 bits per heavy atom. The highest BCUT2D eigenvalue weighted by atomic mass is 16.7. The molecule has 0 unspecified atom stereocenters. The van der Waals surface area contributed by atoms with Crippen LogP contribution in [0.2, 0.25) is 0 Å². The number of fused-ring (bicyclic) bond motifs is 7. The highest BCUT2D eigenvalue weighted by molar-refractivity contribution is 5.84. The third kappa shape index (κ3) is 5.56. The first-order valence-electron chi connectivity index (χ1n) is 20.3. The number of carboxylic acids is 2. The van der Waals surface area contributed by atoms with Crippen LogP contribution >= 0.6 is 0 Å². The maximum atomic E-state index is 13.9. The lowest BCUT2D eigenvalue weighted by Crippen LogP contribution is -2.68. The molecule has 7 aliphatic rings. The van der Waals surface area contributed by atoms with Gasteiger partial charge in [0.25, 0.3) is 0 Å². The van der Waals surface area contributed by atoms with E-state index in [1.165, 1.54) is 0 Å². The smallest absolute Gasteiger partial charge is 0.314 e. The molecule has 0 aromatic carbocycles. The quantitative estimate of drug-likeness (QED) is 0.153. The number of ether oxygens (including phenoxy) is 4. The van der Waals surface area contributed by atoms with Crippen LogP contribution in [0.15, 0.2) is 11.6 Å². The molecule has 306 valence electrons. The third-order valence-corrected chi connectivity index (χ3v) is 17.0. The zero-order chi connectivity index (χ0) is 39.5. The Morgan fingerprint density at radius 3 is 2.11 bits per heavy atom. The standard InChI is InChI=1S/C41H64O13/c1-19-10-15-40(35(47)48)16-17-41(36(49)50)22(27(40)20(19)2)8-9-25-38(6)13-12-26(37(4,5)24(38)11-14-39(25,41)7)53-34-31(46)29(44)32(21(3)52-34)54-33-30(45)28(43)23(42)18-51-33/h8,19-21,23-34,42-46H,9-18H2,1-7H3,(H,47,48)(H,49,50)/t19-,20-,21-,23+,24+,25+,26-,27+,28-,29-,30+,31+,32-,33-,34+,38-,39+,40-,41+/m0/s1. The van der Waals surface area contributed by atoms with Gasteiger partial charge in [-0.05, 0) is 111 Å². The van der Waals surface area contributed by atoms with Crippen LogP contribution in [0, 0.1) is 56.7 Å². The minimum Gasteiger partial charge on any atom is -0.481 e. The molecule has 0 aromatic rings. The van der Waals surface area contributed by atoms with Gasteiger partial charge >= 0.3 is 11.9 Å². The zero-order valence-electron chi connectivity index (χ0n) is 32.9. The van der Waals surface area contributed by atoms with Gasteiger partial charge < -0.3 is 54.7 Å². The molecule has 6 fully saturated rings. The predicted molar refractivity (Wildman–Crippen MR) is 192 cm³/mol. The molecule has 19 atom stereocenters. The van der Waals surface area contributed by atoms with Crippen LogP contribution in [-0.4, -0.2) is 116 Å². The van der Waals surface area contributed by atoms with E-state index in [9.17, 15) is 45.3 Å². The van der Waals surface area contributed by atoms with E-state index in [0.717, 1.165) is 24.8 Å². The molecule has 7 N–H and O–H groups in total. The van der Waals surface area contributed by atoms with E-state index in [2.05, 4.69) is 47.6 Å². The highest BCUT2D eigenvalue weighted by Crippen LogP contribution is 2.76. The molecule has 7 rings (SSSR count). The van der Waals surface area contributed by atoms with E-state index in [4.69, 9.17) is 18.9 Å². The lowest BCUT2D eigenvalue weighted by Gasteiger charge is -2.70. The number of aliphatic hydroxyl groups is 5. The zero-order valence-corrected chi connectivity index (χ0v) is 32.9. The molecular formula is C41H64O13. The summed E-state index contributed by atoms with van der Waals surface area (Å²) in [6, 6.07) is 0. The lowest BCUT2D eigenvalue weighted by molar-refractivity contribution is -0.356. The Bertz CT molecular complexity index is 1500. The van der Waals surface area contributed by atoms with Crippen LogP contribution in [0.3, 0.4) is 0 Å². The number of hydrogen-bond acceptors (Lipinski definition) is 11. The van der Waals surface area contributed by atoms with Gasteiger partial charge in [0.05, 0.1) is 29.6 Å². The second kappa shape index (κ2) is 13.7. The maximum Gasteiger partial charge on any atom is 0.314 e. The topological polar surface area (TPSA) is 213 Å². The molecule has 2 saturated heterocycles. The van der Waals surface area contributed by atoms with Crippen LogP contribution < -0.4 is 0 Å². The molecule has 2 aliphatic heterocycles. The number of aliphatic carboxylic acids is 2. The number of allylic oxidation sites excluding steroid dienone is 1. The fourth-order valence-corrected chi connectivity index (χ4v) is 13.7. The van der Waals surface area contributed by atoms with Crippen molar-refractivity contribution in [2.45, 2.75) is 168 Å². The molecular weight excluding hydrogens is 700 g/mol. The van der Waals surface area contributed by atoms with E-state index in [1.54, 1.807) is 6.92 Å². The molecule has 54 heavy (non-hydrogen) atoms. The van der Waals surface area contributed by atoms with Crippen LogP contribution in [0.5, 0.6) is 0 Å². The third-order valence-electron chi connectivity index (χ3n) is 17.0. The van der Waals surface area contributed by atoms with Crippen molar-refractivity contribution in [3.8, 4) is 0 Å². The van der Waals surface area contributed by atoms with Crippen molar-refractivity contribution in [1.82, 2.24) is 0 Å². The molecule has 0 radical (unpaired) electrons. The summed E-state index contributed by atoms with van der Waals surface area (Å²) in [5.74, 6) is -1.36.